The summed E-state index contributed by atoms with van der Waals surface area (Å²) in [4.78, 5) is 19.1. The highest BCUT2D eigenvalue weighted by molar-refractivity contribution is 7.92. The van der Waals surface area contributed by atoms with Crippen LogP contribution in [0.3, 0.4) is 0 Å². The molecular weight excluding hydrogens is 467 g/mol. The lowest BCUT2D eigenvalue weighted by molar-refractivity contribution is -0.124. The van der Waals surface area contributed by atoms with E-state index in [1.165, 1.54) is 6.07 Å². The minimum Gasteiger partial charge on any atom is -0.370 e. The summed E-state index contributed by atoms with van der Waals surface area (Å²) in [7, 11) is -2.46. The summed E-state index contributed by atoms with van der Waals surface area (Å²) in [6, 6.07) is 10.9. The van der Waals surface area contributed by atoms with Crippen molar-refractivity contribution in [1.82, 2.24) is 14.8 Å². The van der Waals surface area contributed by atoms with E-state index in [1.807, 2.05) is 30.5 Å². The summed E-state index contributed by atoms with van der Waals surface area (Å²) < 4.78 is 34.9. The quantitative estimate of drug-likeness (QED) is 0.559. The number of benzene rings is 1. The van der Waals surface area contributed by atoms with Crippen molar-refractivity contribution in [1.29, 1.82) is 4.78 Å². The Labute approximate surface area is 204 Å². The highest BCUT2D eigenvalue weighted by atomic mass is 32.2. The van der Waals surface area contributed by atoms with E-state index >= 15 is 0 Å². The van der Waals surface area contributed by atoms with Crippen molar-refractivity contribution in [3.63, 3.8) is 0 Å². The van der Waals surface area contributed by atoms with Crippen molar-refractivity contribution >= 4 is 21.3 Å². The topological polar surface area (TPSA) is 118 Å². The number of anilines is 1. The zero-order chi connectivity index (χ0) is 24.6. The molecule has 1 aliphatic heterocycles. The fourth-order valence-electron chi connectivity index (χ4n) is 5.15. The van der Waals surface area contributed by atoms with Gasteiger partial charge in [-0.05, 0) is 42.7 Å². The lowest BCUT2D eigenvalue weighted by Gasteiger charge is -2.33. The van der Waals surface area contributed by atoms with Crippen LogP contribution in [0.5, 0.6) is 0 Å². The smallest absolute Gasteiger partial charge is 0.229 e. The molecule has 0 radical (unpaired) electrons. The van der Waals surface area contributed by atoms with Crippen molar-refractivity contribution in [2.45, 2.75) is 37.5 Å². The number of carbonyl (C=O) groups is 1. The van der Waals surface area contributed by atoms with Crippen LogP contribution in [0.1, 0.15) is 37.8 Å². The van der Waals surface area contributed by atoms with Crippen LogP contribution in [0.15, 0.2) is 48.8 Å². The molecule has 0 bridgehead atoms. The predicted octanol–water partition coefficient (Wildman–Crippen LogP) is 3.63. The van der Waals surface area contributed by atoms with Crippen molar-refractivity contribution in [3.8, 4) is 16.9 Å². The largest absolute Gasteiger partial charge is 0.370 e. The first-order chi connectivity index (χ1) is 16.8. The molecule has 0 atom stereocenters. The van der Waals surface area contributed by atoms with Gasteiger partial charge in [-0.15, -0.1) is 0 Å². The summed E-state index contributed by atoms with van der Waals surface area (Å²) in [6.45, 7) is 1.18. The summed E-state index contributed by atoms with van der Waals surface area (Å²) in [5, 5.41) is 4.80. The molecule has 184 valence electrons. The molecule has 3 aromatic rings. The Hall–Kier alpha value is -3.27. The Morgan fingerprint density at radius 2 is 1.74 bits per heavy atom. The first-order valence-electron chi connectivity index (χ1n) is 11.9. The third kappa shape index (κ3) is 4.54. The van der Waals surface area contributed by atoms with E-state index in [-0.39, 0.29) is 5.91 Å². The monoisotopic (exact) mass is 496 g/mol. The maximum absolute atomic E-state index is 13.5. The Bertz CT molecular complexity index is 1320. The molecule has 35 heavy (non-hydrogen) atoms. The van der Waals surface area contributed by atoms with Gasteiger partial charge in [-0.2, -0.15) is 5.10 Å². The number of rotatable bonds is 5. The normalized spacial score (nSPS) is 19.4. The number of amides is 1. The molecule has 3 N–H and O–H groups in total. The second-order valence-corrected chi connectivity index (χ2v) is 11.9. The predicted molar refractivity (Wildman–Crippen MR) is 134 cm³/mol. The summed E-state index contributed by atoms with van der Waals surface area (Å²) in [5.41, 5.74) is 8.46. The molecule has 8 nitrogen and oxygen atoms in total. The Morgan fingerprint density at radius 1 is 1.06 bits per heavy atom. The molecule has 1 aliphatic carbocycles. The molecule has 2 aliphatic rings. The first-order valence-corrected chi connectivity index (χ1v) is 13.8. The van der Waals surface area contributed by atoms with Gasteiger partial charge in [-0.25, -0.2) is 18.3 Å². The number of primary amides is 1. The fourth-order valence-corrected chi connectivity index (χ4v) is 6.39. The van der Waals surface area contributed by atoms with E-state index in [1.54, 1.807) is 10.7 Å². The van der Waals surface area contributed by atoms with E-state index < -0.39 is 21.0 Å². The summed E-state index contributed by atoms with van der Waals surface area (Å²) in [5.74, 6) is 0.393. The Balaban J connectivity index is 1.55. The second-order valence-electron chi connectivity index (χ2n) is 9.43. The highest BCUT2D eigenvalue weighted by Crippen LogP contribution is 2.43. The van der Waals surface area contributed by atoms with Crippen LogP contribution in [0, 0.1) is 10.6 Å². The van der Waals surface area contributed by atoms with Gasteiger partial charge in [-0.3, -0.25) is 9.57 Å². The highest BCUT2D eigenvalue weighted by Gasteiger charge is 2.43. The molecule has 0 spiro atoms. The molecule has 10 heteroatoms. The molecular formula is C25H29FN6O2S. The van der Waals surface area contributed by atoms with Gasteiger partial charge in [-0.1, -0.05) is 31.4 Å². The Morgan fingerprint density at radius 3 is 2.34 bits per heavy atom. The number of nitrogens with zero attached hydrogens (tertiary/aromatic N) is 4. The number of hydrogen-bond acceptors (Lipinski definition) is 6. The lowest BCUT2D eigenvalue weighted by atomic mass is 9.70. The fraction of sp³-hybridized carbons (Fsp3) is 0.400. The minimum absolute atomic E-state index is 0.372. The van der Waals surface area contributed by atoms with Crippen molar-refractivity contribution in [3.05, 3.63) is 60.3 Å². The van der Waals surface area contributed by atoms with Crippen LogP contribution in [0.2, 0.25) is 0 Å². The van der Waals surface area contributed by atoms with Gasteiger partial charge in [0.1, 0.15) is 5.82 Å². The van der Waals surface area contributed by atoms with Crippen LogP contribution < -0.4 is 10.6 Å². The number of halogens is 1. The second kappa shape index (κ2) is 9.07. The van der Waals surface area contributed by atoms with E-state index in [0.717, 1.165) is 42.3 Å². The van der Waals surface area contributed by atoms with E-state index in [9.17, 15) is 13.4 Å². The zero-order valence-corrected chi connectivity index (χ0v) is 20.3. The molecule has 1 saturated carbocycles. The lowest BCUT2D eigenvalue weighted by Crippen LogP contribution is -2.43. The standard InChI is InChI=1S/C25H29FN6O2S/c26-19-6-9-22(29-16-19)32-17-21(23(30-32)25(24(27)33)10-2-1-3-11-25)18-4-7-20(8-5-18)31-12-14-35(28,34)15-13-31/h4-9,16-17,28H,1-3,10-15H2,(H2,27,33). The number of nitrogens with one attached hydrogen (secondary N) is 1. The van der Waals surface area contributed by atoms with E-state index in [0.29, 0.717) is 48.9 Å². The van der Waals surface area contributed by atoms with Gasteiger partial charge in [0.25, 0.3) is 0 Å². The minimum atomic E-state index is -2.46. The van der Waals surface area contributed by atoms with Crippen LogP contribution >= 0.6 is 0 Å². The van der Waals surface area contributed by atoms with Gasteiger partial charge < -0.3 is 10.6 Å². The third-order valence-electron chi connectivity index (χ3n) is 7.22. The van der Waals surface area contributed by atoms with Gasteiger partial charge in [0.05, 0.1) is 17.3 Å². The zero-order valence-electron chi connectivity index (χ0n) is 19.5. The number of aromatic nitrogens is 3. The summed E-state index contributed by atoms with van der Waals surface area (Å²) >= 11 is 0. The maximum Gasteiger partial charge on any atom is 0.229 e. The number of carbonyl (C=O) groups excluding carboxylic acids is 1. The molecule has 2 fully saturated rings. The van der Waals surface area contributed by atoms with Crippen LogP contribution in [0.25, 0.3) is 16.9 Å². The van der Waals surface area contributed by atoms with Crippen molar-refractivity contribution < 1.29 is 13.4 Å². The van der Waals surface area contributed by atoms with Crippen molar-refractivity contribution in [2.24, 2.45) is 5.73 Å². The number of nitrogens with two attached hydrogens (primary N) is 1. The van der Waals surface area contributed by atoms with E-state index in [4.69, 9.17) is 15.6 Å². The maximum atomic E-state index is 13.5. The number of hydrogen-bond donors (Lipinski definition) is 2. The van der Waals surface area contributed by atoms with Gasteiger partial charge >= 0.3 is 0 Å². The number of pyridine rings is 1. The molecule has 0 unspecified atom stereocenters. The van der Waals surface area contributed by atoms with E-state index in [2.05, 4.69) is 9.88 Å². The molecule has 5 rings (SSSR count). The average Bonchev–Trinajstić information content (AvgIpc) is 3.31. The molecule has 1 saturated heterocycles. The van der Waals surface area contributed by atoms with Gasteiger partial charge in [0, 0.05) is 51.8 Å². The van der Waals surface area contributed by atoms with Crippen LogP contribution in [-0.2, 0) is 19.9 Å². The molecule has 2 aromatic heterocycles. The van der Waals surface area contributed by atoms with Gasteiger partial charge in [0.15, 0.2) is 5.82 Å². The van der Waals surface area contributed by atoms with Crippen LogP contribution in [-0.4, -0.2) is 49.5 Å². The van der Waals surface area contributed by atoms with Crippen molar-refractivity contribution in [2.75, 3.05) is 29.5 Å². The average molecular weight is 497 g/mol. The molecule has 1 aromatic carbocycles. The third-order valence-corrected chi connectivity index (χ3v) is 8.90. The molecule has 1 amide bonds. The summed E-state index contributed by atoms with van der Waals surface area (Å²) in [6.07, 6.45) is 7.11. The first kappa shape index (κ1) is 23.5. The van der Waals surface area contributed by atoms with Gasteiger partial charge in [0.2, 0.25) is 5.91 Å². The van der Waals surface area contributed by atoms with Crippen LogP contribution in [0.4, 0.5) is 10.1 Å². The Kier molecular flexibility index (Phi) is 6.08. The SMILES string of the molecule is N=S1(=O)CCN(c2ccc(-c3cn(-c4ccc(F)cn4)nc3C3(C(N)=O)CCCCC3)cc2)CC1. The molecule has 3 heterocycles.